The minimum Gasteiger partial charge on any atom is -0.316 e. The zero-order valence-electron chi connectivity index (χ0n) is 10.2. The Hall–Kier alpha value is -0.570. The Morgan fingerprint density at radius 2 is 2.22 bits per heavy atom. The number of nitrogens with one attached hydrogen (secondary N) is 1. The molecule has 0 amide bonds. The van der Waals surface area contributed by atoms with Gasteiger partial charge in [0.15, 0.2) is 5.78 Å². The van der Waals surface area contributed by atoms with Crippen LogP contribution < -0.4 is 5.32 Å². The van der Waals surface area contributed by atoms with Crippen LogP contribution in [0.4, 0.5) is 0 Å². The van der Waals surface area contributed by atoms with E-state index in [4.69, 9.17) is 23.2 Å². The minimum absolute atomic E-state index is 0.0908. The first-order chi connectivity index (χ1) is 8.68. The molecule has 1 aromatic carbocycles. The maximum atomic E-state index is 12.1. The minimum atomic E-state index is 0.0908. The summed E-state index contributed by atoms with van der Waals surface area (Å²) >= 11 is 12.0. The van der Waals surface area contributed by atoms with Crippen LogP contribution in [0, 0.1) is 5.92 Å². The van der Waals surface area contributed by atoms with E-state index in [0.29, 0.717) is 27.9 Å². The summed E-state index contributed by atoms with van der Waals surface area (Å²) in [6, 6.07) is 5.21. The van der Waals surface area contributed by atoms with E-state index in [0.717, 1.165) is 19.5 Å². The monoisotopic (exact) mass is 285 g/mol. The number of ketones is 1. The van der Waals surface area contributed by atoms with Crippen LogP contribution in [0.3, 0.4) is 0 Å². The van der Waals surface area contributed by atoms with Crippen molar-refractivity contribution in [3.05, 3.63) is 33.8 Å². The van der Waals surface area contributed by atoms with Crippen LogP contribution in [0.25, 0.3) is 0 Å². The van der Waals surface area contributed by atoms with Crippen LogP contribution in [0.5, 0.6) is 0 Å². The fourth-order valence-electron chi connectivity index (χ4n) is 2.36. The SMILES string of the molecule is O=C(CCC1CCCNC1)c1cccc(Cl)c1Cl. The molecule has 1 aliphatic rings. The van der Waals surface area contributed by atoms with E-state index in [-0.39, 0.29) is 5.78 Å². The van der Waals surface area contributed by atoms with Crippen molar-refractivity contribution in [2.24, 2.45) is 5.92 Å². The summed E-state index contributed by atoms with van der Waals surface area (Å²) in [5, 5.41) is 4.19. The molecule has 1 heterocycles. The van der Waals surface area contributed by atoms with Gasteiger partial charge in [0.25, 0.3) is 0 Å². The van der Waals surface area contributed by atoms with Crippen LogP contribution >= 0.6 is 23.2 Å². The molecule has 1 aromatic rings. The average molecular weight is 286 g/mol. The van der Waals surface area contributed by atoms with E-state index >= 15 is 0 Å². The van der Waals surface area contributed by atoms with Gasteiger partial charge in [0.1, 0.15) is 0 Å². The fraction of sp³-hybridized carbons (Fsp3) is 0.500. The number of piperidine rings is 1. The van der Waals surface area contributed by atoms with Crippen LogP contribution in [0.15, 0.2) is 18.2 Å². The molecule has 1 N–H and O–H groups in total. The van der Waals surface area contributed by atoms with Crippen molar-refractivity contribution in [3.63, 3.8) is 0 Å². The standard InChI is InChI=1S/C14H17Cl2NO/c15-12-5-1-4-11(14(12)16)13(18)7-6-10-3-2-8-17-9-10/h1,4-5,10,17H,2-3,6-9H2. The summed E-state index contributed by atoms with van der Waals surface area (Å²) in [5.74, 6) is 0.703. The van der Waals surface area contributed by atoms with Crippen molar-refractivity contribution in [1.29, 1.82) is 0 Å². The predicted molar refractivity (Wildman–Crippen MR) is 75.6 cm³/mol. The first kappa shape index (κ1) is 13.9. The van der Waals surface area contributed by atoms with E-state index in [1.165, 1.54) is 12.8 Å². The quantitative estimate of drug-likeness (QED) is 0.849. The molecule has 1 unspecified atom stereocenters. The van der Waals surface area contributed by atoms with Crippen molar-refractivity contribution >= 4 is 29.0 Å². The zero-order chi connectivity index (χ0) is 13.0. The van der Waals surface area contributed by atoms with Crippen molar-refractivity contribution in [2.75, 3.05) is 13.1 Å². The van der Waals surface area contributed by atoms with E-state index in [1.54, 1.807) is 18.2 Å². The summed E-state index contributed by atoms with van der Waals surface area (Å²) in [4.78, 5) is 12.1. The third-order valence-corrected chi connectivity index (χ3v) is 4.25. The highest BCUT2D eigenvalue weighted by Gasteiger charge is 2.17. The molecule has 1 atom stereocenters. The molecule has 2 rings (SSSR count). The van der Waals surface area contributed by atoms with Gasteiger partial charge in [-0.2, -0.15) is 0 Å². The number of carbonyl (C=O) groups is 1. The van der Waals surface area contributed by atoms with E-state index in [1.807, 2.05) is 0 Å². The van der Waals surface area contributed by atoms with Crippen molar-refractivity contribution < 1.29 is 4.79 Å². The largest absolute Gasteiger partial charge is 0.316 e. The third-order valence-electron chi connectivity index (χ3n) is 3.43. The molecule has 1 saturated heterocycles. The molecule has 1 fully saturated rings. The molecule has 0 aromatic heterocycles. The van der Waals surface area contributed by atoms with Gasteiger partial charge < -0.3 is 5.32 Å². The molecule has 2 nitrogen and oxygen atoms in total. The molecule has 0 bridgehead atoms. The number of halogens is 2. The zero-order valence-corrected chi connectivity index (χ0v) is 11.7. The van der Waals surface area contributed by atoms with Crippen LogP contribution in [-0.2, 0) is 0 Å². The average Bonchev–Trinajstić information content (AvgIpc) is 2.40. The Bertz CT molecular complexity index is 428. The first-order valence-corrected chi connectivity index (χ1v) is 7.12. The lowest BCUT2D eigenvalue weighted by Gasteiger charge is -2.22. The van der Waals surface area contributed by atoms with Crippen molar-refractivity contribution in [3.8, 4) is 0 Å². The van der Waals surface area contributed by atoms with E-state index in [9.17, 15) is 4.79 Å². The van der Waals surface area contributed by atoms with Crippen molar-refractivity contribution in [1.82, 2.24) is 5.32 Å². The lowest BCUT2D eigenvalue weighted by Crippen LogP contribution is -2.30. The Morgan fingerprint density at radius 3 is 2.94 bits per heavy atom. The number of rotatable bonds is 4. The van der Waals surface area contributed by atoms with Gasteiger partial charge in [0.2, 0.25) is 0 Å². The number of benzene rings is 1. The molecule has 0 aliphatic carbocycles. The second-order valence-corrected chi connectivity index (χ2v) is 5.56. The van der Waals surface area contributed by atoms with Crippen molar-refractivity contribution in [2.45, 2.75) is 25.7 Å². The number of hydrogen-bond acceptors (Lipinski definition) is 2. The summed E-state index contributed by atoms with van der Waals surface area (Å²) in [6.07, 6.45) is 3.89. The Kier molecular flexibility index (Phi) is 5.04. The normalized spacial score (nSPS) is 19.8. The highest BCUT2D eigenvalue weighted by molar-refractivity contribution is 6.43. The lowest BCUT2D eigenvalue weighted by atomic mass is 9.92. The van der Waals surface area contributed by atoms with Crippen LogP contribution in [0.1, 0.15) is 36.0 Å². The summed E-state index contributed by atoms with van der Waals surface area (Å²) in [5.41, 5.74) is 0.549. The van der Waals surface area contributed by atoms with E-state index < -0.39 is 0 Å². The maximum Gasteiger partial charge on any atom is 0.164 e. The van der Waals surface area contributed by atoms with Crippen LogP contribution in [0.2, 0.25) is 10.0 Å². The Labute approximate surface area is 118 Å². The van der Waals surface area contributed by atoms with Gasteiger partial charge in [-0.25, -0.2) is 0 Å². The molecule has 1 aliphatic heterocycles. The van der Waals surface area contributed by atoms with Gasteiger partial charge >= 0.3 is 0 Å². The molecule has 18 heavy (non-hydrogen) atoms. The molecular formula is C14H17Cl2NO. The maximum absolute atomic E-state index is 12.1. The highest BCUT2D eigenvalue weighted by atomic mass is 35.5. The van der Waals surface area contributed by atoms with Crippen LogP contribution in [-0.4, -0.2) is 18.9 Å². The molecule has 4 heteroatoms. The second-order valence-electron chi connectivity index (χ2n) is 4.78. The van der Waals surface area contributed by atoms with Gasteiger partial charge in [0, 0.05) is 12.0 Å². The third kappa shape index (κ3) is 3.47. The topological polar surface area (TPSA) is 29.1 Å². The molecule has 0 radical (unpaired) electrons. The van der Waals surface area contributed by atoms with Gasteiger partial charge in [-0.1, -0.05) is 29.3 Å². The van der Waals surface area contributed by atoms with Gasteiger partial charge in [-0.05, 0) is 50.4 Å². The smallest absolute Gasteiger partial charge is 0.164 e. The number of carbonyl (C=O) groups excluding carboxylic acids is 1. The van der Waals surface area contributed by atoms with E-state index in [2.05, 4.69) is 5.32 Å². The molecule has 98 valence electrons. The summed E-state index contributed by atoms with van der Waals surface area (Å²) in [6.45, 7) is 2.13. The second kappa shape index (κ2) is 6.55. The number of hydrogen-bond donors (Lipinski definition) is 1. The lowest BCUT2D eigenvalue weighted by molar-refractivity contribution is 0.0971. The Balaban J connectivity index is 1.93. The Morgan fingerprint density at radius 1 is 1.39 bits per heavy atom. The summed E-state index contributed by atoms with van der Waals surface area (Å²) < 4.78 is 0. The predicted octanol–water partition coefficient (Wildman–Crippen LogP) is 3.96. The first-order valence-electron chi connectivity index (χ1n) is 6.36. The van der Waals surface area contributed by atoms with Gasteiger partial charge in [-0.3, -0.25) is 4.79 Å². The highest BCUT2D eigenvalue weighted by Crippen LogP contribution is 2.27. The fourth-order valence-corrected chi connectivity index (χ4v) is 2.77. The molecule has 0 spiro atoms. The molecule has 0 saturated carbocycles. The van der Waals surface area contributed by atoms with Gasteiger partial charge in [0.05, 0.1) is 10.0 Å². The summed E-state index contributed by atoms with van der Waals surface area (Å²) in [7, 11) is 0. The number of Topliss-reactive ketones (excluding diaryl/α,β-unsaturated/α-hetero) is 1. The molecular weight excluding hydrogens is 269 g/mol. The van der Waals surface area contributed by atoms with Gasteiger partial charge in [-0.15, -0.1) is 0 Å².